The van der Waals surface area contributed by atoms with Crippen molar-refractivity contribution < 1.29 is 23.5 Å². The molecule has 39 heavy (non-hydrogen) atoms. The van der Waals surface area contributed by atoms with Crippen molar-refractivity contribution in [3.63, 3.8) is 0 Å². The van der Waals surface area contributed by atoms with E-state index in [0.717, 1.165) is 11.8 Å². The Morgan fingerprint density at radius 3 is 2.31 bits per heavy atom. The number of Topliss-reactive ketones (excluding diaryl/α,β-unsaturated/α-hetero) is 1. The summed E-state index contributed by atoms with van der Waals surface area (Å²) in [5.41, 5.74) is 2.80. The first-order valence-electron chi connectivity index (χ1n) is 11.9. The molecule has 2 heterocycles. The van der Waals surface area contributed by atoms with Crippen molar-refractivity contribution in [2.45, 2.75) is 19.8 Å². The monoisotopic (exact) mass is 542 g/mol. The van der Waals surface area contributed by atoms with Crippen molar-refractivity contribution in [3.8, 4) is 11.8 Å². The molecule has 198 valence electrons. The van der Waals surface area contributed by atoms with Crippen LogP contribution in [0.2, 0.25) is 0 Å². The Balaban J connectivity index is 1.53. The van der Waals surface area contributed by atoms with Crippen LogP contribution in [0.1, 0.15) is 35.9 Å². The van der Waals surface area contributed by atoms with Gasteiger partial charge in [0.1, 0.15) is 11.5 Å². The van der Waals surface area contributed by atoms with Crippen LogP contribution in [-0.2, 0) is 9.59 Å². The van der Waals surface area contributed by atoms with Gasteiger partial charge in [-0.05, 0) is 74.5 Å². The average Bonchev–Trinajstić information content (AvgIpc) is 3.47. The Labute approximate surface area is 229 Å². The quantitative estimate of drug-likeness (QED) is 0.314. The molecule has 2 aromatic carbocycles. The highest BCUT2D eigenvalue weighted by Crippen LogP contribution is 2.41. The van der Waals surface area contributed by atoms with Gasteiger partial charge in [0.25, 0.3) is 5.91 Å². The third-order valence-corrected chi connectivity index (χ3v) is 7.01. The van der Waals surface area contributed by atoms with E-state index in [4.69, 9.17) is 9.15 Å². The van der Waals surface area contributed by atoms with Gasteiger partial charge < -0.3 is 25.1 Å². The van der Waals surface area contributed by atoms with E-state index in [1.54, 1.807) is 74.7 Å². The van der Waals surface area contributed by atoms with Crippen molar-refractivity contribution >= 4 is 40.7 Å². The predicted molar refractivity (Wildman–Crippen MR) is 149 cm³/mol. The van der Waals surface area contributed by atoms with E-state index < -0.39 is 11.8 Å². The Kier molecular flexibility index (Phi) is 8.53. The fraction of sp³-hybridized carbons (Fsp3) is 0.172. The van der Waals surface area contributed by atoms with Crippen molar-refractivity contribution in [2.75, 3.05) is 23.5 Å². The summed E-state index contributed by atoms with van der Waals surface area (Å²) in [6, 6.07) is 19.1. The Hall–Kier alpha value is -4.75. The SMILES string of the molecule is COc1ccc(NC(=O)C2=C(C)NC(SCC(=O)Nc3ccc(C(C)=O)cc3)=C(C#N)[C@@H]2c2ccco2)cc1. The number of benzene rings is 2. The molecule has 1 aliphatic rings. The van der Waals surface area contributed by atoms with E-state index in [2.05, 4.69) is 22.0 Å². The average molecular weight is 543 g/mol. The van der Waals surface area contributed by atoms with E-state index in [1.165, 1.54) is 13.2 Å². The second-order valence-electron chi connectivity index (χ2n) is 8.62. The minimum absolute atomic E-state index is 0.00745. The van der Waals surface area contributed by atoms with Gasteiger partial charge in [-0.25, -0.2) is 0 Å². The van der Waals surface area contributed by atoms with Crippen LogP contribution in [0.25, 0.3) is 0 Å². The van der Waals surface area contributed by atoms with Gasteiger partial charge in [0.15, 0.2) is 5.78 Å². The van der Waals surface area contributed by atoms with Crippen LogP contribution in [0.4, 0.5) is 11.4 Å². The molecule has 0 aliphatic carbocycles. The molecule has 0 spiro atoms. The van der Waals surface area contributed by atoms with Crippen LogP contribution in [0, 0.1) is 11.3 Å². The summed E-state index contributed by atoms with van der Waals surface area (Å²) in [5, 5.41) is 19.4. The van der Waals surface area contributed by atoms with Gasteiger partial charge >= 0.3 is 0 Å². The summed E-state index contributed by atoms with van der Waals surface area (Å²) >= 11 is 1.15. The normalized spacial score (nSPS) is 14.8. The zero-order valence-corrected chi connectivity index (χ0v) is 22.3. The number of nitriles is 1. The lowest BCUT2D eigenvalue weighted by Gasteiger charge is -2.28. The highest BCUT2D eigenvalue weighted by Gasteiger charge is 2.36. The standard InChI is InChI=1S/C29H26N4O5S/c1-17-26(28(36)33-21-10-12-22(37-3)13-11-21)27(24-5-4-14-38-24)23(15-30)29(31-17)39-16-25(35)32-20-8-6-19(7-9-20)18(2)34/h4-14,27,31H,16H2,1-3H3,(H,32,35)(H,33,36)/t27-/m1/s1. The van der Waals surface area contributed by atoms with Gasteiger partial charge in [-0.3, -0.25) is 14.4 Å². The molecule has 1 atom stereocenters. The number of anilines is 2. The number of amides is 2. The summed E-state index contributed by atoms with van der Waals surface area (Å²) in [7, 11) is 1.56. The fourth-order valence-corrected chi connectivity index (χ4v) is 4.96. The van der Waals surface area contributed by atoms with Gasteiger partial charge in [0.2, 0.25) is 5.91 Å². The molecule has 0 unspecified atom stereocenters. The summed E-state index contributed by atoms with van der Waals surface area (Å²) in [6.45, 7) is 3.21. The molecule has 1 aromatic heterocycles. The van der Waals surface area contributed by atoms with Crippen molar-refractivity contribution in [1.82, 2.24) is 5.32 Å². The maximum Gasteiger partial charge on any atom is 0.254 e. The topological polar surface area (TPSA) is 133 Å². The van der Waals surface area contributed by atoms with Gasteiger partial charge in [-0.15, -0.1) is 0 Å². The smallest absolute Gasteiger partial charge is 0.254 e. The fourth-order valence-electron chi connectivity index (χ4n) is 4.06. The van der Waals surface area contributed by atoms with E-state index in [0.29, 0.717) is 44.7 Å². The summed E-state index contributed by atoms with van der Waals surface area (Å²) in [5.74, 6) is -0.418. The molecule has 0 saturated carbocycles. The Morgan fingerprint density at radius 1 is 1.05 bits per heavy atom. The lowest BCUT2D eigenvalue weighted by molar-refractivity contribution is -0.114. The number of carbonyl (C=O) groups is 3. The molecule has 0 bridgehead atoms. The lowest BCUT2D eigenvalue weighted by Crippen LogP contribution is -2.31. The van der Waals surface area contributed by atoms with Gasteiger partial charge in [0, 0.05) is 22.6 Å². The van der Waals surface area contributed by atoms with Crippen LogP contribution in [0.3, 0.4) is 0 Å². The molecular formula is C29H26N4O5S. The van der Waals surface area contributed by atoms with Gasteiger partial charge in [0.05, 0.1) is 47.3 Å². The molecular weight excluding hydrogens is 516 g/mol. The zero-order chi connectivity index (χ0) is 27.9. The number of hydrogen-bond acceptors (Lipinski definition) is 8. The summed E-state index contributed by atoms with van der Waals surface area (Å²) in [6.07, 6.45) is 1.48. The van der Waals surface area contributed by atoms with Gasteiger partial charge in [-0.1, -0.05) is 11.8 Å². The lowest BCUT2D eigenvalue weighted by atomic mass is 9.85. The van der Waals surface area contributed by atoms with Gasteiger partial charge in [-0.2, -0.15) is 5.26 Å². The van der Waals surface area contributed by atoms with E-state index in [9.17, 15) is 19.6 Å². The third kappa shape index (κ3) is 6.40. The number of dihydropyridines is 1. The first-order valence-corrected chi connectivity index (χ1v) is 12.9. The predicted octanol–water partition coefficient (Wildman–Crippen LogP) is 5.20. The van der Waals surface area contributed by atoms with Crippen LogP contribution in [0.15, 0.2) is 93.2 Å². The van der Waals surface area contributed by atoms with E-state index in [1.807, 2.05) is 0 Å². The Bertz CT molecular complexity index is 1480. The number of furan rings is 1. The van der Waals surface area contributed by atoms with Crippen LogP contribution < -0.4 is 20.7 Å². The second-order valence-corrected chi connectivity index (χ2v) is 9.61. The van der Waals surface area contributed by atoms with Crippen molar-refractivity contribution in [3.05, 3.63) is 100 Å². The number of nitrogens with one attached hydrogen (secondary N) is 3. The molecule has 10 heteroatoms. The molecule has 3 N–H and O–H groups in total. The van der Waals surface area contributed by atoms with Crippen LogP contribution in [0.5, 0.6) is 5.75 Å². The molecule has 0 fully saturated rings. The molecule has 4 rings (SSSR count). The van der Waals surface area contributed by atoms with Crippen molar-refractivity contribution in [1.29, 1.82) is 5.26 Å². The summed E-state index contributed by atoms with van der Waals surface area (Å²) < 4.78 is 10.8. The van der Waals surface area contributed by atoms with Crippen LogP contribution in [-0.4, -0.2) is 30.5 Å². The minimum Gasteiger partial charge on any atom is -0.497 e. The molecule has 3 aromatic rings. The number of ether oxygens (including phenoxy) is 1. The Morgan fingerprint density at radius 2 is 1.72 bits per heavy atom. The number of carbonyl (C=O) groups excluding carboxylic acids is 3. The largest absolute Gasteiger partial charge is 0.497 e. The van der Waals surface area contributed by atoms with Crippen molar-refractivity contribution in [2.24, 2.45) is 0 Å². The minimum atomic E-state index is -0.769. The first-order chi connectivity index (χ1) is 18.8. The molecule has 1 aliphatic heterocycles. The summed E-state index contributed by atoms with van der Waals surface area (Å²) in [4.78, 5) is 37.5. The molecule has 0 radical (unpaired) electrons. The number of hydrogen-bond donors (Lipinski definition) is 3. The maximum absolute atomic E-state index is 13.4. The second kappa shape index (κ2) is 12.2. The van der Waals surface area contributed by atoms with Crippen LogP contribution >= 0.6 is 11.8 Å². The maximum atomic E-state index is 13.4. The number of ketones is 1. The molecule has 2 amide bonds. The molecule has 9 nitrogen and oxygen atoms in total. The van der Waals surface area contributed by atoms with E-state index >= 15 is 0 Å². The highest BCUT2D eigenvalue weighted by molar-refractivity contribution is 8.03. The highest BCUT2D eigenvalue weighted by atomic mass is 32.2. The first kappa shape index (κ1) is 27.3. The third-order valence-electron chi connectivity index (χ3n) is 5.99. The zero-order valence-electron chi connectivity index (χ0n) is 21.5. The number of nitrogens with zero attached hydrogens (tertiary/aromatic N) is 1. The number of methoxy groups -OCH3 is 1. The molecule has 0 saturated heterocycles. The number of thioether (sulfide) groups is 1. The number of rotatable bonds is 9. The number of allylic oxidation sites excluding steroid dienone is 2. The van der Waals surface area contributed by atoms with E-state index in [-0.39, 0.29) is 23.0 Å².